The van der Waals surface area contributed by atoms with Gasteiger partial charge in [0, 0.05) is 17.4 Å². The van der Waals surface area contributed by atoms with Crippen LogP contribution in [-0.2, 0) is 14.8 Å². The van der Waals surface area contributed by atoms with Crippen LogP contribution in [0.3, 0.4) is 0 Å². The van der Waals surface area contributed by atoms with Crippen LogP contribution in [0.15, 0.2) is 34.3 Å². The van der Waals surface area contributed by atoms with E-state index in [0.29, 0.717) is 11.7 Å². The van der Waals surface area contributed by atoms with Crippen LogP contribution in [0.5, 0.6) is 0 Å². The second kappa shape index (κ2) is 8.04. The van der Waals surface area contributed by atoms with Gasteiger partial charge in [0.1, 0.15) is 0 Å². The lowest BCUT2D eigenvalue weighted by atomic mass is 10.2. The van der Waals surface area contributed by atoms with E-state index in [1.807, 2.05) is 6.92 Å². The number of rotatable bonds is 6. The van der Waals surface area contributed by atoms with E-state index in [9.17, 15) is 13.2 Å². The molecule has 1 saturated carbocycles. The molecular formula is C18H24N4O3S2. The molecule has 27 heavy (non-hydrogen) atoms. The van der Waals surface area contributed by atoms with Crippen molar-refractivity contribution >= 4 is 33.4 Å². The van der Waals surface area contributed by atoms with E-state index in [4.69, 9.17) is 5.14 Å². The smallest absolute Gasteiger partial charge is 0.238 e. The minimum atomic E-state index is -3.80. The molecule has 1 aliphatic carbocycles. The van der Waals surface area contributed by atoms with Crippen LogP contribution in [0.2, 0.25) is 0 Å². The Labute approximate surface area is 163 Å². The molecule has 7 nitrogen and oxygen atoms in total. The minimum Gasteiger partial charge on any atom is -0.325 e. The molecule has 0 spiro atoms. The molecule has 1 aliphatic rings. The van der Waals surface area contributed by atoms with Gasteiger partial charge in [-0.15, -0.1) is 0 Å². The third kappa shape index (κ3) is 4.72. The number of thioether (sulfide) groups is 1. The van der Waals surface area contributed by atoms with Crippen molar-refractivity contribution in [1.29, 1.82) is 0 Å². The highest BCUT2D eigenvalue weighted by molar-refractivity contribution is 7.99. The van der Waals surface area contributed by atoms with Crippen molar-refractivity contribution in [3.8, 4) is 0 Å². The molecule has 9 heteroatoms. The number of nitrogens with one attached hydrogen (secondary N) is 1. The van der Waals surface area contributed by atoms with Gasteiger partial charge in [0.15, 0.2) is 5.16 Å². The summed E-state index contributed by atoms with van der Waals surface area (Å²) in [5.41, 5.74) is 2.55. The maximum Gasteiger partial charge on any atom is 0.238 e. The SMILES string of the molecule is Cc1nc(SCC(=O)Nc2cccc(S(N)(=O)=O)c2)n(C2CCCC2)c1C. The zero-order chi connectivity index (χ0) is 19.6. The first kappa shape index (κ1) is 19.9. The number of amides is 1. The van der Waals surface area contributed by atoms with Gasteiger partial charge in [-0.25, -0.2) is 18.5 Å². The van der Waals surface area contributed by atoms with Crippen LogP contribution in [0.25, 0.3) is 0 Å². The van der Waals surface area contributed by atoms with Crippen molar-refractivity contribution in [2.45, 2.75) is 55.6 Å². The molecule has 2 aromatic rings. The number of aryl methyl sites for hydroxylation is 1. The Morgan fingerprint density at radius 2 is 2.04 bits per heavy atom. The van der Waals surface area contributed by atoms with E-state index in [-0.39, 0.29) is 16.6 Å². The quantitative estimate of drug-likeness (QED) is 0.715. The molecular weight excluding hydrogens is 384 g/mol. The molecule has 3 N–H and O–H groups in total. The van der Waals surface area contributed by atoms with E-state index >= 15 is 0 Å². The number of benzene rings is 1. The lowest BCUT2D eigenvalue weighted by molar-refractivity contribution is -0.113. The number of hydrogen-bond acceptors (Lipinski definition) is 5. The minimum absolute atomic E-state index is 0.0315. The number of aromatic nitrogens is 2. The van der Waals surface area contributed by atoms with Crippen molar-refractivity contribution in [3.63, 3.8) is 0 Å². The summed E-state index contributed by atoms with van der Waals surface area (Å²) in [7, 11) is -3.80. The monoisotopic (exact) mass is 408 g/mol. The maximum atomic E-state index is 12.3. The average molecular weight is 409 g/mol. The van der Waals surface area contributed by atoms with Crippen LogP contribution < -0.4 is 10.5 Å². The zero-order valence-electron chi connectivity index (χ0n) is 15.4. The number of hydrogen-bond donors (Lipinski definition) is 2. The second-order valence-corrected chi connectivity index (χ2v) is 9.29. The molecule has 3 rings (SSSR count). The zero-order valence-corrected chi connectivity index (χ0v) is 17.1. The van der Waals surface area contributed by atoms with Gasteiger partial charge in [0.2, 0.25) is 15.9 Å². The number of nitrogens with zero attached hydrogens (tertiary/aromatic N) is 2. The van der Waals surface area contributed by atoms with E-state index in [1.54, 1.807) is 12.1 Å². The summed E-state index contributed by atoms with van der Waals surface area (Å²) < 4.78 is 25.1. The molecule has 0 saturated heterocycles. The fourth-order valence-corrected chi connectivity index (χ4v) is 4.89. The molecule has 1 fully saturated rings. The predicted octanol–water partition coefficient (Wildman–Crippen LogP) is 2.99. The molecule has 0 bridgehead atoms. The van der Waals surface area contributed by atoms with Gasteiger partial charge < -0.3 is 9.88 Å². The van der Waals surface area contributed by atoms with E-state index in [1.165, 1.54) is 36.7 Å². The molecule has 1 aromatic carbocycles. The summed E-state index contributed by atoms with van der Waals surface area (Å²) in [6.07, 6.45) is 4.76. The van der Waals surface area contributed by atoms with Crippen molar-refractivity contribution in [2.24, 2.45) is 5.14 Å². The lowest BCUT2D eigenvalue weighted by Gasteiger charge is -2.16. The Balaban J connectivity index is 1.67. The van der Waals surface area contributed by atoms with Crippen LogP contribution in [0, 0.1) is 13.8 Å². The average Bonchev–Trinajstić information content (AvgIpc) is 3.21. The summed E-state index contributed by atoms with van der Waals surface area (Å²) in [6.45, 7) is 4.06. The Morgan fingerprint density at radius 3 is 2.70 bits per heavy atom. The van der Waals surface area contributed by atoms with Crippen molar-refractivity contribution in [2.75, 3.05) is 11.1 Å². The molecule has 0 radical (unpaired) electrons. The summed E-state index contributed by atoms with van der Waals surface area (Å²) in [5.74, 6) is -0.0229. The Kier molecular flexibility index (Phi) is 5.92. The highest BCUT2D eigenvalue weighted by Gasteiger charge is 2.23. The van der Waals surface area contributed by atoms with E-state index in [2.05, 4.69) is 21.8 Å². The molecule has 1 heterocycles. The second-order valence-electron chi connectivity index (χ2n) is 6.78. The van der Waals surface area contributed by atoms with Crippen molar-refractivity contribution in [1.82, 2.24) is 9.55 Å². The van der Waals surface area contributed by atoms with E-state index in [0.717, 1.165) is 29.4 Å². The van der Waals surface area contributed by atoms with Gasteiger partial charge in [-0.1, -0.05) is 30.7 Å². The van der Waals surface area contributed by atoms with Crippen LogP contribution in [0.4, 0.5) is 5.69 Å². The number of carbonyl (C=O) groups excluding carboxylic acids is 1. The third-order valence-corrected chi connectivity index (χ3v) is 6.69. The van der Waals surface area contributed by atoms with Crippen LogP contribution in [-0.4, -0.2) is 29.6 Å². The number of carbonyl (C=O) groups is 1. The molecule has 0 aliphatic heterocycles. The maximum absolute atomic E-state index is 12.3. The first-order valence-corrected chi connectivity index (χ1v) is 11.4. The molecule has 0 unspecified atom stereocenters. The topological polar surface area (TPSA) is 107 Å². The standard InChI is InChI=1S/C18H24N4O3S2/c1-12-13(2)22(15-7-3-4-8-15)18(20-12)26-11-17(23)21-14-6-5-9-16(10-14)27(19,24)25/h5-6,9-10,15H,3-4,7-8,11H2,1-2H3,(H,21,23)(H2,19,24,25). The number of sulfonamides is 1. The highest BCUT2D eigenvalue weighted by atomic mass is 32.2. The summed E-state index contributed by atoms with van der Waals surface area (Å²) in [6, 6.07) is 6.38. The number of primary sulfonamides is 1. The third-order valence-electron chi connectivity index (χ3n) is 4.82. The first-order valence-electron chi connectivity index (χ1n) is 8.86. The molecule has 1 aromatic heterocycles. The van der Waals surface area contributed by atoms with Crippen LogP contribution >= 0.6 is 11.8 Å². The summed E-state index contributed by atoms with van der Waals surface area (Å²) >= 11 is 1.40. The number of nitrogens with two attached hydrogens (primary N) is 1. The Hall–Kier alpha value is -1.84. The van der Waals surface area contributed by atoms with Gasteiger partial charge in [-0.2, -0.15) is 0 Å². The van der Waals surface area contributed by atoms with Gasteiger partial charge >= 0.3 is 0 Å². The predicted molar refractivity (Wildman–Crippen MR) is 106 cm³/mol. The van der Waals surface area contributed by atoms with Gasteiger partial charge in [-0.05, 0) is 44.9 Å². The van der Waals surface area contributed by atoms with Gasteiger partial charge in [0.25, 0.3) is 0 Å². The lowest BCUT2D eigenvalue weighted by Crippen LogP contribution is -2.16. The summed E-state index contributed by atoms with van der Waals surface area (Å²) in [5, 5.41) is 8.71. The van der Waals surface area contributed by atoms with Crippen molar-refractivity contribution < 1.29 is 13.2 Å². The van der Waals surface area contributed by atoms with E-state index < -0.39 is 10.0 Å². The fraction of sp³-hybridized carbons (Fsp3) is 0.444. The van der Waals surface area contributed by atoms with Gasteiger partial charge in [0.05, 0.1) is 16.3 Å². The Bertz CT molecular complexity index is 948. The first-order chi connectivity index (χ1) is 12.8. The molecule has 1 amide bonds. The van der Waals surface area contributed by atoms with Crippen molar-refractivity contribution in [3.05, 3.63) is 35.7 Å². The highest BCUT2D eigenvalue weighted by Crippen LogP contribution is 2.35. The Morgan fingerprint density at radius 1 is 1.33 bits per heavy atom. The summed E-state index contributed by atoms with van der Waals surface area (Å²) in [4.78, 5) is 16.9. The number of imidazole rings is 1. The molecule has 146 valence electrons. The molecule has 0 atom stereocenters. The fourth-order valence-electron chi connectivity index (χ4n) is 3.37. The normalized spacial score (nSPS) is 15.2. The largest absolute Gasteiger partial charge is 0.325 e. The van der Waals surface area contributed by atoms with Gasteiger partial charge in [-0.3, -0.25) is 4.79 Å². The number of anilines is 1. The van der Waals surface area contributed by atoms with Crippen LogP contribution in [0.1, 0.15) is 43.1 Å².